The van der Waals surface area contributed by atoms with E-state index in [0.29, 0.717) is 18.3 Å². The summed E-state index contributed by atoms with van der Waals surface area (Å²) < 4.78 is 45.3. The Kier molecular flexibility index (Phi) is 6.11. The molecule has 6 heteroatoms. The monoisotopic (exact) mass is 277 g/mol. The van der Waals surface area contributed by atoms with Crippen LogP contribution in [0.1, 0.15) is 19.4 Å². The van der Waals surface area contributed by atoms with E-state index in [9.17, 15) is 13.2 Å². The van der Waals surface area contributed by atoms with E-state index in [0.717, 1.165) is 5.56 Å². The highest BCUT2D eigenvalue weighted by Crippen LogP contribution is 2.19. The van der Waals surface area contributed by atoms with Gasteiger partial charge in [0, 0.05) is 18.2 Å². The van der Waals surface area contributed by atoms with Gasteiger partial charge in [-0.3, -0.25) is 0 Å². The summed E-state index contributed by atoms with van der Waals surface area (Å²) in [6, 6.07) is 7.48. The summed E-state index contributed by atoms with van der Waals surface area (Å²) in [7, 11) is 0. The molecule has 108 valence electrons. The van der Waals surface area contributed by atoms with Crippen molar-refractivity contribution in [1.82, 2.24) is 5.32 Å². The van der Waals surface area contributed by atoms with Gasteiger partial charge in [-0.2, -0.15) is 13.2 Å². The highest BCUT2D eigenvalue weighted by Gasteiger charge is 2.27. The maximum absolute atomic E-state index is 11.9. The molecule has 0 fully saturated rings. The molecule has 0 amide bonds. The van der Waals surface area contributed by atoms with Crippen molar-refractivity contribution in [1.29, 1.82) is 0 Å². The molecule has 0 aliphatic rings. The highest BCUT2D eigenvalue weighted by molar-refractivity contribution is 5.33. The van der Waals surface area contributed by atoms with Crippen LogP contribution in [-0.4, -0.2) is 25.6 Å². The third kappa shape index (κ3) is 7.03. The minimum atomic E-state index is -4.33. The number of hydrogen-bond acceptors (Lipinski definition) is 3. The lowest BCUT2D eigenvalue weighted by Gasteiger charge is -2.14. The lowest BCUT2D eigenvalue weighted by atomic mass is 10.2. The molecule has 0 radical (unpaired) electrons. The summed E-state index contributed by atoms with van der Waals surface area (Å²) in [4.78, 5) is 0. The minimum absolute atomic E-state index is 0.314. The number of nitrogens with one attached hydrogen (secondary N) is 1. The molecule has 0 aliphatic carbocycles. The van der Waals surface area contributed by atoms with Crippen LogP contribution < -0.4 is 10.1 Å². The van der Waals surface area contributed by atoms with Crippen molar-refractivity contribution in [2.45, 2.75) is 32.6 Å². The van der Waals surface area contributed by atoms with Crippen molar-refractivity contribution in [2.75, 3.05) is 13.4 Å². The van der Waals surface area contributed by atoms with E-state index in [1.165, 1.54) is 0 Å². The Labute approximate surface area is 110 Å². The normalized spacial score (nSPS) is 11.9. The number of para-hydroxylation sites is 1. The van der Waals surface area contributed by atoms with Crippen LogP contribution >= 0.6 is 0 Å². The van der Waals surface area contributed by atoms with E-state index in [1.54, 1.807) is 12.1 Å². The number of benzene rings is 1. The van der Waals surface area contributed by atoms with E-state index in [-0.39, 0.29) is 0 Å². The molecule has 1 rings (SSSR count). The minimum Gasteiger partial charge on any atom is -0.467 e. The topological polar surface area (TPSA) is 30.5 Å². The summed E-state index contributed by atoms with van der Waals surface area (Å²) in [5, 5.41) is 3.22. The van der Waals surface area contributed by atoms with Gasteiger partial charge in [-0.15, -0.1) is 0 Å². The molecule has 3 nitrogen and oxygen atoms in total. The third-order valence-corrected chi connectivity index (χ3v) is 2.24. The van der Waals surface area contributed by atoms with Crippen LogP contribution in [-0.2, 0) is 11.3 Å². The molecule has 0 aliphatic heterocycles. The predicted molar refractivity (Wildman–Crippen MR) is 65.9 cm³/mol. The Morgan fingerprint density at radius 1 is 1.21 bits per heavy atom. The van der Waals surface area contributed by atoms with Crippen LogP contribution in [0, 0.1) is 0 Å². The van der Waals surface area contributed by atoms with Crippen molar-refractivity contribution in [3.8, 4) is 5.75 Å². The summed E-state index contributed by atoms with van der Waals surface area (Å²) >= 11 is 0. The van der Waals surface area contributed by atoms with Crippen LogP contribution in [0.25, 0.3) is 0 Å². The zero-order valence-electron chi connectivity index (χ0n) is 11.0. The van der Waals surface area contributed by atoms with Crippen LogP contribution in [0.3, 0.4) is 0 Å². The second kappa shape index (κ2) is 7.35. The first-order chi connectivity index (χ1) is 8.88. The Balaban J connectivity index is 2.44. The van der Waals surface area contributed by atoms with Gasteiger partial charge in [0.2, 0.25) is 0 Å². The average Bonchev–Trinajstić information content (AvgIpc) is 2.32. The molecule has 0 bridgehead atoms. The second-order valence-electron chi connectivity index (χ2n) is 4.37. The second-order valence-corrected chi connectivity index (χ2v) is 4.37. The lowest BCUT2D eigenvalue weighted by molar-refractivity contribution is -0.186. The SMILES string of the molecule is CC(C)NCc1ccccc1OCOCC(F)(F)F. The zero-order valence-corrected chi connectivity index (χ0v) is 11.0. The van der Waals surface area contributed by atoms with E-state index in [4.69, 9.17) is 4.74 Å². The Hall–Kier alpha value is -1.27. The Morgan fingerprint density at radius 2 is 1.89 bits per heavy atom. The van der Waals surface area contributed by atoms with Crippen LogP contribution in [0.5, 0.6) is 5.75 Å². The van der Waals surface area contributed by atoms with E-state index in [2.05, 4.69) is 10.1 Å². The van der Waals surface area contributed by atoms with Crippen LogP contribution in [0.2, 0.25) is 0 Å². The van der Waals surface area contributed by atoms with Crippen LogP contribution in [0.4, 0.5) is 13.2 Å². The molecule has 0 aromatic heterocycles. The standard InChI is InChI=1S/C13H18F3NO2/c1-10(2)17-7-11-5-3-4-6-12(11)19-9-18-8-13(14,15)16/h3-6,10,17H,7-9H2,1-2H3. The summed E-state index contributed by atoms with van der Waals surface area (Å²) in [5.74, 6) is 0.526. The molecular formula is C13H18F3NO2. The fraction of sp³-hybridized carbons (Fsp3) is 0.538. The zero-order chi connectivity index (χ0) is 14.3. The van der Waals surface area contributed by atoms with Crippen molar-refractivity contribution in [3.63, 3.8) is 0 Å². The molecule has 1 aromatic rings. The Morgan fingerprint density at radius 3 is 2.53 bits per heavy atom. The predicted octanol–water partition coefficient (Wildman–Crippen LogP) is 3.10. The molecular weight excluding hydrogens is 259 g/mol. The maximum Gasteiger partial charge on any atom is 0.411 e. The molecule has 1 aromatic carbocycles. The third-order valence-electron chi connectivity index (χ3n) is 2.24. The molecule has 0 saturated carbocycles. The Bertz CT molecular complexity index is 380. The van der Waals surface area contributed by atoms with E-state index >= 15 is 0 Å². The van der Waals surface area contributed by atoms with Crippen molar-refractivity contribution in [2.24, 2.45) is 0 Å². The van der Waals surface area contributed by atoms with Crippen molar-refractivity contribution < 1.29 is 22.6 Å². The molecule has 0 atom stereocenters. The molecule has 0 saturated heterocycles. The summed E-state index contributed by atoms with van der Waals surface area (Å²) in [5.41, 5.74) is 0.881. The fourth-order valence-electron chi connectivity index (χ4n) is 1.37. The molecule has 19 heavy (non-hydrogen) atoms. The smallest absolute Gasteiger partial charge is 0.411 e. The molecule has 0 unspecified atom stereocenters. The average molecular weight is 277 g/mol. The number of hydrogen-bond donors (Lipinski definition) is 1. The quantitative estimate of drug-likeness (QED) is 0.613. The van der Waals surface area contributed by atoms with Gasteiger partial charge in [-0.05, 0) is 6.07 Å². The van der Waals surface area contributed by atoms with Gasteiger partial charge in [0.1, 0.15) is 12.4 Å². The first kappa shape index (κ1) is 15.8. The molecule has 0 heterocycles. The van der Waals surface area contributed by atoms with Crippen molar-refractivity contribution >= 4 is 0 Å². The summed E-state index contributed by atoms with van der Waals surface area (Å²) in [6.45, 7) is 2.89. The number of rotatable bonds is 7. The van der Waals surface area contributed by atoms with Gasteiger partial charge >= 0.3 is 6.18 Å². The van der Waals surface area contributed by atoms with E-state index in [1.807, 2.05) is 26.0 Å². The fourth-order valence-corrected chi connectivity index (χ4v) is 1.37. The number of ether oxygens (including phenoxy) is 2. The van der Waals surface area contributed by atoms with Gasteiger partial charge in [0.15, 0.2) is 6.79 Å². The van der Waals surface area contributed by atoms with Crippen LogP contribution in [0.15, 0.2) is 24.3 Å². The summed E-state index contributed by atoms with van der Waals surface area (Å²) in [6.07, 6.45) is -4.33. The first-order valence-electron chi connectivity index (χ1n) is 5.97. The number of alkyl halides is 3. The largest absolute Gasteiger partial charge is 0.467 e. The lowest BCUT2D eigenvalue weighted by Crippen LogP contribution is -2.22. The molecule has 1 N–H and O–H groups in total. The van der Waals surface area contributed by atoms with Gasteiger partial charge in [0.25, 0.3) is 0 Å². The van der Waals surface area contributed by atoms with Gasteiger partial charge in [0.05, 0.1) is 0 Å². The first-order valence-corrected chi connectivity index (χ1v) is 5.97. The molecule has 0 spiro atoms. The van der Waals surface area contributed by atoms with Gasteiger partial charge in [-0.1, -0.05) is 32.0 Å². The highest BCUT2D eigenvalue weighted by atomic mass is 19.4. The van der Waals surface area contributed by atoms with E-state index < -0.39 is 19.6 Å². The van der Waals surface area contributed by atoms with Gasteiger partial charge in [-0.25, -0.2) is 0 Å². The van der Waals surface area contributed by atoms with Gasteiger partial charge < -0.3 is 14.8 Å². The maximum atomic E-state index is 11.9. The number of halogens is 3. The van der Waals surface area contributed by atoms with Crippen molar-refractivity contribution in [3.05, 3.63) is 29.8 Å².